The molecule has 0 saturated heterocycles. The molecule has 4 rings (SSSR count). The Balaban J connectivity index is 1.83. The molecule has 124 valence electrons. The molecule has 0 amide bonds. The Bertz CT molecular complexity index is 839. The van der Waals surface area contributed by atoms with E-state index >= 15 is 0 Å². The van der Waals surface area contributed by atoms with Crippen LogP contribution in [0.15, 0.2) is 36.8 Å². The predicted molar refractivity (Wildman–Crippen MR) is 98.0 cm³/mol. The molecule has 0 unspecified atom stereocenters. The molecule has 1 aliphatic rings. The molecule has 0 aliphatic heterocycles. The van der Waals surface area contributed by atoms with Crippen molar-refractivity contribution in [3.8, 4) is 0 Å². The Morgan fingerprint density at radius 3 is 2.58 bits per heavy atom. The van der Waals surface area contributed by atoms with Crippen LogP contribution in [-0.2, 0) is 0 Å². The Labute approximate surface area is 143 Å². The summed E-state index contributed by atoms with van der Waals surface area (Å²) in [6, 6.07) is 6.41. The van der Waals surface area contributed by atoms with Crippen LogP contribution in [0.25, 0.3) is 5.65 Å². The molecular weight excluding hydrogens is 296 g/mol. The number of nitrogens with one attached hydrogen (secondary N) is 1. The minimum absolute atomic E-state index is 0.547. The van der Waals surface area contributed by atoms with E-state index in [9.17, 15) is 0 Å². The first kappa shape index (κ1) is 15.2. The molecule has 24 heavy (non-hydrogen) atoms. The van der Waals surface area contributed by atoms with E-state index < -0.39 is 0 Å². The van der Waals surface area contributed by atoms with E-state index in [0.29, 0.717) is 5.92 Å². The third kappa shape index (κ3) is 2.66. The van der Waals surface area contributed by atoms with Crippen molar-refractivity contribution in [2.45, 2.75) is 51.9 Å². The number of aryl methyl sites for hydroxylation is 2. The molecule has 1 saturated carbocycles. The maximum absolute atomic E-state index is 4.93. The van der Waals surface area contributed by atoms with E-state index in [4.69, 9.17) is 4.98 Å². The van der Waals surface area contributed by atoms with Crippen LogP contribution in [0, 0.1) is 13.8 Å². The van der Waals surface area contributed by atoms with Gasteiger partial charge in [-0.15, -0.1) is 0 Å². The smallest absolute Gasteiger partial charge is 0.157 e. The molecule has 0 radical (unpaired) electrons. The molecule has 3 aromatic rings. The second-order valence-electron chi connectivity index (χ2n) is 6.88. The van der Waals surface area contributed by atoms with Crippen LogP contribution < -0.4 is 5.32 Å². The van der Waals surface area contributed by atoms with Crippen LogP contribution in [0.2, 0.25) is 0 Å². The van der Waals surface area contributed by atoms with E-state index in [0.717, 1.165) is 11.5 Å². The summed E-state index contributed by atoms with van der Waals surface area (Å²) in [4.78, 5) is 9.17. The molecule has 0 bridgehead atoms. The first-order valence-electron chi connectivity index (χ1n) is 8.89. The lowest BCUT2D eigenvalue weighted by Crippen LogP contribution is -2.08. The van der Waals surface area contributed by atoms with Gasteiger partial charge in [0.15, 0.2) is 5.65 Å². The summed E-state index contributed by atoms with van der Waals surface area (Å²) in [5.74, 6) is 1.65. The van der Waals surface area contributed by atoms with Gasteiger partial charge in [0.25, 0.3) is 0 Å². The Kier molecular flexibility index (Phi) is 3.97. The maximum atomic E-state index is 4.93. The molecular formula is C20H24N4. The van der Waals surface area contributed by atoms with Crippen molar-refractivity contribution in [1.29, 1.82) is 0 Å². The lowest BCUT2D eigenvalue weighted by molar-refractivity contribution is 0.439. The summed E-state index contributed by atoms with van der Waals surface area (Å²) in [5.41, 5.74) is 5.83. The summed E-state index contributed by atoms with van der Waals surface area (Å²) in [6.07, 6.45) is 12.1. The quantitative estimate of drug-likeness (QED) is 0.727. The van der Waals surface area contributed by atoms with Crippen molar-refractivity contribution in [2.75, 3.05) is 5.32 Å². The Hall–Kier alpha value is -2.36. The zero-order chi connectivity index (χ0) is 16.5. The predicted octanol–water partition coefficient (Wildman–Crippen LogP) is 5.14. The summed E-state index contributed by atoms with van der Waals surface area (Å²) >= 11 is 0. The second-order valence-corrected chi connectivity index (χ2v) is 6.88. The SMILES string of the molecule is Cc1cccc(C)c1Nc1c(C2CCCCC2)nc2cnccn12. The number of benzene rings is 1. The highest BCUT2D eigenvalue weighted by molar-refractivity contribution is 5.69. The van der Waals surface area contributed by atoms with E-state index in [2.05, 4.69) is 46.7 Å². The van der Waals surface area contributed by atoms with Gasteiger partial charge in [-0.3, -0.25) is 9.38 Å². The zero-order valence-corrected chi connectivity index (χ0v) is 14.4. The number of hydrogen-bond donors (Lipinski definition) is 1. The van der Waals surface area contributed by atoms with E-state index in [1.54, 1.807) is 0 Å². The highest BCUT2D eigenvalue weighted by Gasteiger charge is 2.24. The van der Waals surface area contributed by atoms with Crippen molar-refractivity contribution in [3.05, 3.63) is 53.6 Å². The highest BCUT2D eigenvalue weighted by Crippen LogP contribution is 2.38. The number of para-hydroxylation sites is 1. The minimum Gasteiger partial charge on any atom is -0.339 e. The fraction of sp³-hybridized carbons (Fsp3) is 0.400. The summed E-state index contributed by atoms with van der Waals surface area (Å²) in [7, 11) is 0. The number of nitrogens with zero attached hydrogens (tertiary/aromatic N) is 3. The van der Waals surface area contributed by atoms with Gasteiger partial charge in [-0.1, -0.05) is 37.5 Å². The number of aromatic nitrogens is 3. The monoisotopic (exact) mass is 320 g/mol. The molecule has 0 spiro atoms. The van der Waals surface area contributed by atoms with Crippen LogP contribution in [0.4, 0.5) is 11.5 Å². The first-order valence-corrected chi connectivity index (χ1v) is 8.89. The highest BCUT2D eigenvalue weighted by atomic mass is 15.1. The van der Waals surface area contributed by atoms with Gasteiger partial charge < -0.3 is 5.32 Å². The average Bonchev–Trinajstić information content (AvgIpc) is 2.98. The molecule has 2 aromatic heterocycles. The summed E-state index contributed by atoms with van der Waals surface area (Å²) in [6.45, 7) is 4.31. The van der Waals surface area contributed by atoms with Crippen LogP contribution >= 0.6 is 0 Å². The van der Waals surface area contributed by atoms with Crippen molar-refractivity contribution < 1.29 is 0 Å². The van der Waals surface area contributed by atoms with Crippen LogP contribution in [0.1, 0.15) is 54.8 Å². The topological polar surface area (TPSA) is 42.2 Å². The third-order valence-electron chi connectivity index (χ3n) is 5.17. The summed E-state index contributed by atoms with van der Waals surface area (Å²) < 4.78 is 2.14. The second kappa shape index (κ2) is 6.27. The molecule has 4 heteroatoms. The van der Waals surface area contributed by atoms with Crippen molar-refractivity contribution in [2.24, 2.45) is 0 Å². The van der Waals surface area contributed by atoms with Gasteiger partial charge in [0, 0.05) is 24.0 Å². The number of hydrogen-bond acceptors (Lipinski definition) is 3. The van der Waals surface area contributed by atoms with Crippen LogP contribution in [-0.4, -0.2) is 14.4 Å². The molecule has 1 aromatic carbocycles. The van der Waals surface area contributed by atoms with Gasteiger partial charge in [-0.05, 0) is 37.8 Å². The molecule has 1 N–H and O–H groups in total. The Morgan fingerprint density at radius 1 is 1.08 bits per heavy atom. The lowest BCUT2D eigenvalue weighted by Gasteiger charge is -2.22. The fourth-order valence-electron chi connectivity index (χ4n) is 3.84. The number of fused-ring (bicyclic) bond motifs is 1. The van der Waals surface area contributed by atoms with Crippen molar-refractivity contribution >= 4 is 17.2 Å². The van der Waals surface area contributed by atoms with Gasteiger partial charge in [0.1, 0.15) is 5.82 Å². The first-order chi connectivity index (χ1) is 11.7. The molecule has 0 atom stereocenters. The van der Waals surface area contributed by atoms with Gasteiger partial charge in [0.2, 0.25) is 0 Å². The number of anilines is 2. The standard InChI is InChI=1S/C20H24N4/c1-14-7-6-8-15(2)18(14)23-20-19(16-9-4-3-5-10-16)22-17-13-21-11-12-24(17)20/h6-8,11-13,16,23H,3-5,9-10H2,1-2H3. The zero-order valence-electron chi connectivity index (χ0n) is 14.4. The summed E-state index contributed by atoms with van der Waals surface area (Å²) in [5, 5.41) is 3.70. The van der Waals surface area contributed by atoms with Gasteiger partial charge in [0.05, 0.1) is 11.9 Å². The fourth-order valence-corrected chi connectivity index (χ4v) is 3.84. The number of imidazole rings is 1. The molecule has 2 heterocycles. The molecule has 1 aliphatic carbocycles. The molecule has 1 fully saturated rings. The van der Waals surface area contributed by atoms with Crippen LogP contribution in [0.3, 0.4) is 0 Å². The minimum atomic E-state index is 0.547. The molecule has 4 nitrogen and oxygen atoms in total. The van der Waals surface area contributed by atoms with Gasteiger partial charge in [-0.25, -0.2) is 4.98 Å². The average molecular weight is 320 g/mol. The Morgan fingerprint density at radius 2 is 1.83 bits per heavy atom. The lowest BCUT2D eigenvalue weighted by atomic mass is 9.87. The van der Waals surface area contributed by atoms with Gasteiger partial charge in [-0.2, -0.15) is 0 Å². The van der Waals surface area contributed by atoms with Crippen molar-refractivity contribution in [1.82, 2.24) is 14.4 Å². The van der Waals surface area contributed by atoms with E-state index in [1.165, 1.54) is 54.6 Å². The normalized spacial score (nSPS) is 15.8. The van der Waals surface area contributed by atoms with Gasteiger partial charge >= 0.3 is 0 Å². The van der Waals surface area contributed by atoms with E-state index in [1.807, 2.05) is 18.6 Å². The van der Waals surface area contributed by atoms with Crippen molar-refractivity contribution in [3.63, 3.8) is 0 Å². The third-order valence-corrected chi connectivity index (χ3v) is 5.17. The van der Waals surface area contributed by atoms with E-state index in [-0.39, 0.29) is 0 Å². The number of rotatable bonds is 3. The maximum Gasteiger partial charge on any atom is 0.157 e. The largest absolute Gasteiger partial charge is 0.339 e. The van der Waals surface area contributed by atoms with Crippen LogP contribution in [0.5, 0.6) is 0 Å².